The largest absolute Gasteiger partial charge is 0.487 e. The first kappa shape index (κ1) is 14.2. The van der Waals surface area contributed by atoms with Gasteiger partial charge in [0.05, 0.1) is 6.20 Å². The van der Waals surface area contributed by atoms with Crippen LogP contribution in [0.4, 0.5) is 8.78 Å². The number of hydrogen-bond donors (Lipinski definition) is 0. The highest BCUT2D eigenvalue weighted by molar-refractivity contribution is 5.69. The van der Waals surface area contributed by atoms with E-state index in [4.69, 9.17) is 4.74 Å². The van der Waals surface area contributed by atoms with Crippen molar-refractivity contribution in [3.63, 3.8) is 0 Å². The Kier molecular flexibility index (Phi) is 4.10. The molecule has 110 valence electrons. The van der Waals surface area contributed by atoms with Gasteiger partial charge in [-0.15, -0.1) is 0 Å². The van der Waals surface area contributed by atoms with E-state index in [-0.39, 0.29) is 12.2 Å². The molecule has 2 aromatic carbocycles. The van der Waals surface area contributed by atoms with E-state index in [0.29, 0.717) is 5.75 Å². The van der Waals surface area contributed by atoms with E-state index in [2.05, 4.69) is 4.98 Å². The second-order valence-corrected chi connectivity index (χ2v) is 4.74. The predicted molar refractivity (Wildman–Crippen MR) is 80.4 cm³/mol. The van der Waals surface area contributed by atoms with Crippen LogP contribution in [0.1, 0.15) is 5.56 Å². The number of benzene rings is 2. The minimum Gasteiger partial charge on any atom is -0.487 e. The molecule has 0 bridgehead atoms. The fraction of sp³-hybridized carbons (Fsp3) is 0.0556. The molecule has 0 radical (unpaired) electrons. The molecule has 0 unspecified atom stereocenters. The summed E-state index contributed by atoms with van der Waals surface area (Å²) in [4.78, 5) is 4.03. The van der Waals surface area contributed by atoms with Gasteiger partial charge in [0.15, 0.2) is 11.6 Å². The second kappa shape index (κ2) is 6.35. The van der Waals surface area contributed by atoms with Crippen LogP contribution in [0.15, 0.2) is 67.0 Å². The molecule has 1 aromatic heterocycles. The van der Waals surface area contributed by atoms with E-state index in [1.165, 1.54) is 12.1 Å². The zero-order valence-electron chi connectivity index (χ0n) is 11.7. The number of rotatable bonds is 4. The average molecular weight is 297 g/mol. The highest BCUT2D eigenvalue weighted by Crippen LogP contribution is 2.29. The molecule has 0 saturated carbocycles. The van der Waals surface area contributed by atoms with Crippen molar-refractivity contribution in [1.29, 1.82) is 0 Å². The van der Waals surface area contributed by atoms with Crippen molar-refractivity contribution < 1.29 is 13.5 Å². The van der Waals surface area contributed by atoms with E-state index in [1.54, 1.807) is 12.4 Å². The molecule has 0 aliphatic rings. The lowest BCUT2D eigenvalue weighted by Gasteiger charge is -2.11. The molecule has 0 aliphatic carbocycles. The average Bonchev–Trinajstić information content (AvgIpc) is 2.57. The van der Waals surface area contributed by atoms with Crippen molar-refractivity contribution in [2.75, 3.05) is 0 Å². The normalized spacial score (nSPS) is 10.5. The van der Waals surface area contributed by atoms with Crippen molar-refractivity contribution in [2.24, 2.45) is 0 Å². The molecule has 0 atom stereocenters. The van der Waals surface area contributed by atoms with Gasteiger partial charge in [0.2, 0.25) is 0 Å². The van der Waals surface area contributed by atoms with Crippen molar-refractivity contribution in [2.45, 2.75) is 6.61 Å². The van der Waals surface area contributed by atoms with Gasteiger partial charge in [0.1, 0.15) is 12.4 Å². The lowest BCUT2D eigenvalue weighted by Crippen LogP contribution is -2.01. The topological polar surface area (TPSA) is 22.1 Å². The van der Waals surface area contributed by atoms with Gasteiger partial charge in [0, 0.05) is 17.3 Å². The first-order chi connectivity index (χ1) is 10.8. The molecule has 22 heavy (non-hydrogen) atoms. The zero-order chi connectivity index (χ0) is 15.4. The van der Waals surface area contributed by atoms with Gasteiger partial charge < -0.3 is 4.74 Å². The Morgan fingerprint density at radius 3 is 2.55 bits per heavy atom. The van der Waals surface area contributed by atoms with Crippen LogP contribution in [0.2, 0.25) is 0 Å². The van der Waals surface area contributed by atoms with Crippen LogP contribution in [-0.2, 0) is 6.61 Å². The number of pyridine rings is 1. The third kappa shape index (κ3) is 2.96. The summed E-state index contributed by atoms with van der Waals surface area (Å²) in [5.74, 6) is -1.24. The summed E-state index contributed by atoms with van der Waals surface area (Å²) in [6.07, 6.45) is 3.23. The van der Waals surface area contributed by atoms with Crippen LogP contribution in [0.5, 0.6) is 5.75 Å². The Balaban J connectivity index is 1.86. The molecule has 0 spiro atoms. The van der Waals surface area contributed by atoms with Crippen molar-refractivity contribution in [1.82, 2.24) is 4.98 Å². The highest BCUT2D eigenvalue weighted by Gasteiger charge is 2.10. The molecule has 3 aromatic rings. The maximum Gasteiger partial charge on any atom is 0.165 e. The third-order valence-electron chi connectivity index (χ3n) is 3.28. The predicted octanol–water partition coefficient (Wildman–Crippen LogP) is 4.61. The van der Waals surface area contributed by atoms with Crippen LogP contribution < -0.4 is 4.74 Å². The quantitative estimate of drug-likeness (QED) is 0.702. The Bertz CT molecular complexity index is 775. The molecule has 0 N–H and O–H groups in total. The van der Waals surface area contributed by atoms with Crippen LogP contribution >= 0.6 is 0 Å². The molecular formula is C18H13F2NO. The minimum absolute atomic E-state index is 0.0604. The van der Waals surface area contributed by atoms with Crippen molar-refractivity contribution in [3.05, 3.63) is 84.2 Å². The standard InChI is InChI=1S/C18H13F2NO/c19-16-8-4-7-14(18(16)20)12-22-17-11-21-10-9-15(17)13-5-2-1-3-6-13/h1-11H,12H2. The molecule has 1 heterocycles. The van der Waals surface area contributed by atoms with Gasteiger partial charge in [0.25, 0.3) is 0 Å². The summed E-state index contributed by atoms with van der Waals surface area (Å²) in [5, 5.41) is 0. The Morgan fingerprint density at radius 1 is 0.909 bits per heavy atom. The van der Waals surface area contributed by atoms with Gasteiger partial charge in [-0.25, -0.2) is 8.78 Å². The molecule has 0 saturated heterocycles. The Morgan fingerprint density at radius 2 is 1.73 bits per heavy atom. The van der Waals surface area contributed by atoms with Crippen LogP contribution in [0.25, 0.3) is 11.1 Å². The summed E-state index contributed by atoms with van der Waals surface area (Å²) < 4.78 is 32.5. The summed E-state index contributed by atoms with van der Waals surface area (Å²) in [6.45, 7) is -0.0604. The summed E-state index contributed by atoms with van der Waals surface area (Å²) in [6, 6.07) is 15.5. The molecule has 0 fully saturated rings. The van der Waals surface area contributed by atoms with Gasteiger partial charge in [-0.2, -0.15) is 0 Å². The number of hydrogen-bond acceptors (Lipinski definition) is 2. The fourth-order valence-corrected chi connectivity index (χ4v) is 2.17. The van der Waals surface area contributed by atoms with Gasteiger partial charge >= 0.3 is 0 Å². The number of nitrogens with zero attached hydrogens (tertiary/aromatic N) is 1. The van der Waals surface area contributed by atoms with Crippen LogP contribution in [0.3, 0.4) is 0 Å². The van der Waals surface area contributed by atoms with Crippen molar-refractivity contribution >= 4 is 0 Å². The summed E-state index contributed by atoms with van der Waals surface area (Å²) in [7, 11) is 0. The maximum absolute atomic E-state index is 13.7. The lowest BCUT2D eigenvalue weighted by molar-refractivity contribution is 0.297. The van der Waals surface area contributed by atoms with E-state index < -0.39 is 11.6 Å². The Hall–Kier alpha value is -2.75. The molecular weight excluding hydrogens is 284 g/mol. The highest BCUT2D eigenvalue weighted by atomic mass is 19.2. The summed E-state index contributed by atoms with van der Waals surface area (Å²) >= 11 is 0. The van der Waals surface area contributed by atoms with Crippen LogP contribution in [-0.4, -0.2) is 4.98 Å². The first-order valence-electron chi connectivity index (χ1n) is 6.81. The van der Waals surface area contributed by atoms with Crippen molar-refractivity contribution in [3.8, 4) is 16.9 Å². The van der Waals surface area contributed by atoms with E-state index in [1.807, 2.05) is 36.4 Å². The molecule has 0 amide bonds. The molecule has 3 rings (SSSR count). The SMILES string of the molecule is Fc1cccc(COc2cnccc2-c2ccccc2)c1F. The maximum atomic E-state index is 13.7. The monoisotopic (exact) mass is 297 g/mol. The lowest BCUT2D eigenvalue weighted by atomic mass is 10.1. The smallest absolute Gasteiger partial charge is 0.165 e. The summed E-state index contributed by atoms with van der Waals surface area (Å²) in [5.41, 5.74) is 2.00. The van der Waals surface area contributed by atoms with E-state index >= 15 is 0 Å². The van der Waals surface area contributed by atoms with E-state index in [9.17, 15) is 8.78 Å². The van der Waals surface area contributed by atoms with Gasteiger partial charge in [-0.3, -0.25) is 4.98 Å². The third-order valence-corrected chi connectivity index (χ3v) is 3.28. The number of aromatic nitrogens is 1. The number of ether oxygens (including phenoxy) is 1. The van der Waals surface area contributed by atoms with Gasteiger partial charge in [-0.1, -0.05) is 42.5 Å². The van der Waals surface area contributed by atoms with E-state index in [0.717, 1.165) is 17.2 Å². The number of halogens is 2. The first-order valence-corrected chi connectivity index (χ1v) is 6.81. The van der Waals surface area contributed by atoms with Gasteiger partial charge in [-0.05, 0) is 17.7 Å². The Labute approximate surface area is 127 Å². The second-order valence-electron chi connectivity index (χ2n) is 4.74. The zero-order valence-corrected chi connectivity index (χ0v) is 11.7. The molecule has 0 aliphatic heterocycles. The van der Waals surface area contributed by atoms with Crippen LogP contribution in [0, 0.1) is 11.6 Å². The minimum atomic E-state index is -0.882. The molecule has 4 heteroatoms. The molecule has 2 nitrogen and oxygen atoms in total. The fourth-order valence-electron chi connectivity index (χ4n) is 2.17.